The second kappa shape index (κ2) is 12.2. The monoisotopic (exact) mass is 537 g/mol. The number of fused-ring (bicyclic) bond motifs is 2. The van der Waals surface area contributed by atoms with Gasteiger partial charge >= 0.3 is 0 Å². The summed E-state index contributed by atoms with van der Waals surface area (Å²) in [4.78, 5) is 10.1. The van der Waals surface area contributed by atoms with Crippen LogP contribution in [0.3, 0.4) is 0 Å². The summed E-state index contributed by atoms with van der Waals surface area (Å²) in [6.07, 6.45) is 3.84. The Morgan fingerprint density at radius 1 is 0.763 bits per heavy atom. The molecule has 0 saturated carbocycles. The van der Waals surface area contributed by atoms with Crippen molar-refractivity contribution in [2.45, 2.75) is 51.0 Å². The summed E-state index contributed by atoms with van der Waals surface area (Å²) in [5, 5.41) is 14.5. The van der Waals surface area contributed by atoms with E-state index in [1.54, 1.807) is 0 Å². The number of hydrogen-bond donors (Lipinski definition) is 0. The maximum atomic E-state index is 12.7. The van der Waals surface area contributed by atoms with Crippen molar-refractivity contribution in [2.75, 3.05) is 13.2 Å². The van der Waals surface area contributed by atoms with E-state index in [9.17, 15) is 18.5 Å². The molecule has 0 unspecified atom stereocenters. The van der Waals surface area contributed by atoms with Crippen LogP contribution in [0.2, 0.25) is 0 Å². The molecule has 38 heavy (non-hydrogen) atoms. The summed E-state index contributed by atoms with van der Waals surface area (Å²) >= 11 is 0. The van der Waals surface area contributed by atoms with Gasteiger partial charge < -0.3 is 9.47 Å². The van der Waals surface area contributed by atoms with Crippen LogP contribution < -0.4 is 9.47 Å². The largest absolute Gasteiger partial charge is 0.492 e. The Morgan fingerprint density at radius 3 is 1.87 bits per heavy atom. The minimum atomic E-state index is -4.12. The minimum absolute atomic E-state index is 0.148. The van der Waals surface area contributed by atoms with E-state index in [1.807, 2.05) is 42.5 Å². The van der Waals surface area contributed by atoms with E-state index in [2.05, 4.69) is 13.8 Å². The summed E-state index contributed by atoms with van der Waals surface area (Å²) in [5.74, 6) is 1.50. The molecule has 0 aromatic heterocycles. The highest BCUT2D eigenvalue weighted by Crippen LogP contribution is 2.43. The lowest BCUT2D eigenvalue weighted by Crippen LogP contribution is -2.07. The number of unbranched alkanes of at least 4 members (excludes halogenated alkanes) is 2. The maximum absolute atomic E-state index is 12.7. The molecule has 0 aliphatic rings. The van der Waals surface area contributed by atoms with Crippen LogP contribution in [-0.2, 0) is 20.9 Å². The molecule has 0 fully saturated rings. The first-order chi connectivity index (χ1) is 18.4. The van der Waals surface area contributed by atoms with Gasteiger partial charge in [0.1, 0.15) is 11.5 Å². The predicted octanol–water partition coefficient (Wildman–Crippen LogP) is 7.16. The van der Waals surface area contributed by atoms with Crippen molar-refractivity contribution in [3.05, 3.63) is 82.4 Å². The minimum Gasteiger partial charge on any atom is -0.492 e. The SMILES string of the molecule is CCCCOc1c2ccccc2c(OCCCC)c2cc(COS(=O)(=O)c3ccc([N+](=O)[O-])cc3)ccc12. The van der Waals surface area contributed by atoms with E-state index in [1.165, 1.54) is 12.1 Å². The number of nitro benzene ring substituents is 1. The van der Waals surface area contributed by atoms with Gasteiger partial charge in [-0.1, -0.05) is 63.1 Å². The third-order valence-electron chi connectivity index (χ3n) is 6.20. The van der Waals surface area contributed by atoms with Crippen molar-refractivity contribution in [1.82, 2.24) is 0 Å². The lowest BCUT2D eigenvalue weighted by Gasteiger charge is -2.18. The fourth-order valence-corrected chi connectivity index (χ4v) is 5.03. The van der Waals surface area contributed by atoms with E-state index in [0.717, 1.165) is 70.9 Å². The summed E-state index contributed by atoms with van der Waals surface area (Å²) < 4.78 is 43.3. The van der Waals surface area contributed by atoms with E-state index in [0.29, 0.717) is 18.8 Å². The highest BCUT2D eigenvalue weighted by molar-refractivity contribution is 7.86. The first kappa shape index (κ1) is 27.3. The topological polar surface area (TPSA) is 105 Å². The van der Waals surface area contributed by atoms with Crippen molar-refractivity contribution >= 4 is 37.4 Å². The van der Waals surface area contributed by atoms with Gasteiger partial charge in [-0.25, -0.2) is 0 Å². The standard InChI is InChI=1S/C29H31NO7S/c1-3-5-17-35-28-24-9-7-8-10-25(24)29(36-18-6-4-2)27-19-21(11-16-26(27)28)20-37-38(33,34)23-14-12-22(13-15-23)30(31)32/h7-16,19H,3-6,17-18,20H2,1-2H3. The third-order valence-corrected chi connectivity index (χ3v) is 7.47. The summed E-state index contributed by atoms with van der Waals surface area (Å²) in [6.45, 7) is 5.15. The molecule has 0 spiro atoms. The fraction of sp³-hybridized carbons (Fsp3) is 0.310. The van der Waals surface area contributed by atoms with Gasteiger partial charge in [0.25, 0.3) is 15.8 Å². The Bertz CT molecular complexity index is 1530. The van der Waals surface area contributed by atoms with Crippen LogP contribution in [0.4, 0.5) is 5.69 Å². The van der Waals surface area contributed by atoms with E-state index in [-0.39, 0.29) is 17.2 Å². The van der Waals surface area contributed by atoms with Gasteiger partial charge in [-0.05, 0) is 36.6 Å². The van der Waals surface area contributed by atoms with Crippen LogP contribution in [0, 0.1) is 10.1 Å². The van der Waals surface area contributed by atoms with Crippen LogP contribution in [0.15, 0.2) is 71.6 Å². The number of non-ortho nitro benzene ring substituents is 1. The zero-order chi connectivity index (χ0) is 27.1. The number of ether oxygens (including phenoxy) is 2. The molecular formula is C29H31NO7S. The fourth-order valence-electron chi connectivity index (χ4n) is 4.13. The first-order valence-electron chi connectivity index (χ1n) is 12.7. The average molecular weight is 538 g/mol. The molecule has 9 heteroatoms. The van der Waals surface area contributed by atoms with Crippen molar-refractivity contribution in [2.24, 2.45) is 0 Å². The van der Waals surface area contributed by atoms with Crippen LogP contribution in [0.5, 0.6) is 11.5 Å². The second-order valence-electron chi connectivity index (χ2n) is 8.96. The normalized spacial score (nSPS) is 11.6. The smallest absolute Gasteiger partial charge is 0.297 e. The van der Waals surface area contributed by atoms with Crippen molar-refractivity contribution in [3.63, 3.8) is 0 Å². The number of benzene rings is 4. The third kappa shape index (κ3) is 6.06. The molecule has 4 aromatic carbocycles. The highest BCUT2D eigenvalue weighted by atomic mass is 32.2. The van der Waals surface area contributed by atoms with Gasteiger partial charge in [0.05, 0.1) is 29.6 Å². The van der Waals surface area contributed by atoms with E-state index in [4.69, 9.17) is 13.7 Å². The molecule has 0 amide bonds. The summed E-state index contributed by atoms with van der Waals surface area (Å²) in [5.41, 5.74) is 0.441. The molecular weight excluding hydrogens is 506 g/mol. The van der Waals surface area contributed by atoms with Gasteiger partial charge in [0, 0.05) is 33.7 Å². The molecule has 0 atom stereocenters. The number of nitro groups is 1. The molecule has 4 aromatic rings. The van der Waals surface area contributed by atoms with Gasteiger partial charge in [0.15, 0.2) is 0 Å². The van der Waals surface area contributed by atoms with Crippen LogP contribution in [0.25, 0.3) is 21.5 Å². The Morgan fingerprint density at radius 2 is 1.32 bits per heavy atom. The van der Waals surface area contributed by atoms with Gasteiger partial charge in [0.2, 0.25) is 0 Å². The molecule has 200 valence electrons. The predicted molar refractivity (Wildman–Crippen MR) is 147 cm³/mol. The molecule has 0 saturated heterocycles. The van der Waals surface area contributed by atoms with Crippen molar-refractivity contribution in [1.29, 1.82) is 0 Å². The van der Waals surface area contributed by atoms with Gasteiger partial charge in [-0.2, -0.15) is 8.42 Å². The Balaban J connectivity index is 1.71. The second-order valence-corrected chi connectivity index (χ2v) is 10.6. The quantitative estimate of drug-likeness (QED) is 0.0585. The van der Waals surface area contributed by atoms with Crippen LogP contribution in [-0.4, -0.2) is 26.6 Å². The average Bonchev–Trinajstić information content (AvgIpc) is 2.93. The highest BCUT2D eigenvalue weighted by Gasteiger charge is 2.20. The number of nitrogens with zero attached hydrogens (tertiary/aromatic N) is 1. The summed E-state index contributed by atoms with van der Waals surface area (Å²) in [7, 11) is -4.12. The molecule has 0 N–H and O–H groups in total. The molecule has 0 bridgehead atoms. The van der Waals surface area contributed by atoms with E-state index >= 15 is 0 Å². The first-order valence-corrected chi connectivity index (χ1v) is 14.1. The molecule has 0 aliphatic carbocycles. The maximum Gasteiger partial charge on any atom is 0.297 e. The zero-order valence-electron chi connectivity index (χ0n) is 21.5. The van der Waals surface area contributed by atoms with Crippen LogP contribution >= 0.6 is 0 Å². The number of hydrogen-bond acceptors (Lipinski definition) is 7. The molecule has 8 nitrogen and oxygen atoms in total. The molecule has 4 rings (SSSR count). The van der Waals surface area contributed by atoms with Gasteiger partial charge in [-0.15, -0.1) is 0 Å². The Labute approximate surface area is 222 Å². The number of rotatable bonds is 13. The van der Waals surface area contributed by atoms with Crippen molar-refractivity contribution < 1.29 is 27.0 Å². The summed E-state index contributed by atoms with van der Waals surface area (Å²) in [6, 6.07) is 18.2. The Hall–Kier alpha value is -3.69. The lowest BCUT2D eigenvalue weighted by molar-refractivity contribution is -0.384. The molecule has 0 aliphatic heterocycles. The Kier molecular flexibility index (Phi) is 8.81. The zero-order valence-corrected chi connectivity index (χ0v) is 22.3. The molecule has 0 radical (unpaired) electrons. The van der Waals surface area contributed by atoms with E-state index < -0.39 is 15.0 Å². The molecule has 0 heterocycles. The van der Waals surface area contributed by atoms with Crippen molar-refractivity contribution in [3.8, 4) is 11.5 Å². The van der Waals surface area contributed by atoms with Gasteiger partial charge in [-0.3, -0.25) is 14.3 Å². The van der Waals surface area contributed by atoms with Crippen LogP contribution in [0.1, 0.15) is 45.1 Å². The lowest BCUT2D eigenvalue weighted by atomic mass is 9.99.